The van der Waals surface area contributed by atoms with Crippen LogP contribution in [0.1, 0.15) is 52.0 Å². The summed E-state index contributed by atoms with van der Waals surface area (Å²) in [7, 11) is 0. The van der Waals surface area contributed by atoms with Crippen molar-refractivity contribution in [1.29, 1.82) is 0 Å². The number of aliphatic carboxylic acids is 1. The molecule has 144 valence electrons. The number of likely N-dealkylation sites (tertiary alicyclic amines) is 1. The molecule has 1 N–H and O–H groups in total. The normalized spacial score (nSPS) is 17.9. The summed E-state index contributed by atoms with van der Waals surface area (Å²) in [6.07, 6.45) is 2.39. The van der Waals surface area contributed by atoms with Gasteiger partial charge in [-0.3, -0.25) is 9.59 Å². The Balaban J connectivity index is 1.86. The number of carbonyl (C=O) groups excluding carboxylic acids is 1. The Morgan fingerprint density at radius 2 is 1.77 bits per heavy atom. The Hall–Kier alpha value is -1.88. The molecular formula is C21H31NO4. The zero-order valence-electron chi connectivity index (χ0n) is 16.1. The Morgan fingerprint density at radius 1 is 1.15 bits per heavy atom. The molecule has 1 saturated heterocycles. The van der Waals surface area contributed by atoms with E-state index in [9.17, 15) is 14.7 Å². The van der Waals surface area contributed by atoms with E-state index in [0.29, 0.717) is 44.9 Å². The number of carboxylic acid groups (broad SMARTS) is 1. The van der Waals surface area contributed by atoms with Crippen molar-refractivity contribution in [3.63, 3.8) is 0 Å². The molecule has 0 aromatic heterocycles. The number of ether oxygens (including phenoxy) is 1. The van der Waals surface area contributed by atoms with Crippen LogP contribution in [0.2, 0.25) is 0 Å². The van der Waals surface area contributed by atoms with Gasteiger partial charge in [-0.25, -0.2) is 0 Å². The van der Waals surface area contributed by atoms with Crippen LogP contribution in [0.25, 0.3) is 0 Å². The Labute approximate surface area is 156 Å². The number of hydrogen-bond acceptors (Lipinski definition) is 3. The highest BCUT2D eigenvalue weighted by molar-refractivity contribution is 5.82. The summed E-state index contributed by atoms with van der Waals surface area (Å²) >= 11 is 0. The van der Waals surface area contributed by atoms with Crippen LogP contribution in [0.5, 0.6) is 0 Å². The molecule has 1 fully saturated rings. The van der Waals surface area contributed by atoms with E-state index in [1.54, 1.807) is 4.90 Å². The SMILES string of the molecule is CC(C)CC(C)OCCC(=O)N1CCC(C(=O)O)(c2ccccc2)CC1. The van der Waals surface area contributed by atoms with E-state index in [-0.39, 0.29) is 12.0 Å². The maximum atomic E-state index is 12.4. The zero-order valence-corrected chi connectivity index (χ0v) is 16.1. The van der Waals surface area contributed by atoms with Crippen molar-refractivity contribution in [2.24, 2.45) is 5.92 Å². The molecule has 0 saturated carbocycles. The number of carboxylic acids is 1. The molecule has 1 unspecified atom stereocenters. The first kappa shape index (κ1) is 20.4. The van der Waals surface area contributed by atoms with Gasteiger partial charge >= 0.3 is 5.97 Å². The highest BCUT2D eigenvalue weighted by Gasteiger charge is 2.43. The van der Waals surface area contributed by atoms with Crippen molar-refractivity contribution in [3.05, 3.63) is 35.9 Å². The van der Waals surface area contributed by atoms with Crippen LogP contribution in [0.4, 0.5) is 0 Å². The molecule has 1 atom stereocenters. The summed E-state index contributed by atoms with van der Waals surface area (Å²) in [4.78, 5) is 26.2. The lowest BCUT2D eigenvalue weighted by molar-refractivity contribution is -0.148. The van der Waals surface area contributed by atoms with Gasteiger partial charge < -0.3 is 14.7 Å². The van der Waals surface area contributed by atoms with E-state index in [1.165, 1.54) is 0 Å². The van der Waals surface area contributed by atoms with Gasteiger partial charge in [-0.15, -0.1) is 0 Å². The van der Waals surface area contributed by atoms with Gasteiger partial charge in [0.25, 0.3) is 0 Å². The first-order valence-electron chi connectivity index (χ1n) is 9.53. The second-order valence-corrected chi connectivity index (χ2v) is 7.70. The topological polar surface area (TPSA) is 66.8 Å². The molecule has 0 radical (unpaired) electrons. The highest BCUT2D eigenvalue weighted by atomic mass is 16.5. The van der Waals surface area contributed by atoms with Gasteiger partial charge in [0.2, 0.25) is 5.91 Å². The smallest absolute Gasteiger partial charge is 0.314 e. The second kappa shape index (κ2) is 9.17. The third kappa shape index (κ3) is 5.07. The summed E-state index contributed by atoms with van der Waals surface area (Å²) in [6.45, 7) is 7.71. The van der Waals surface area contributed by atoms with Gasteiger partial charge in [-0.05, 0) is 37.7 Å². The fraction of sp³-hybridized carbons (Fsp3) is 0.619. The van der Waals surface area contributed by atoms with E-state index in [0.717, 1.165) is 12.0 Å². The van der Waals surface area contributed by atoms with Gasteiger partial charge in [0.05, 0.1) is 24.5 Å². The van der Waals surface area contributed by atoms with Crippen molar-refractivity contribution in [3.8, 4) is 0 Å². The van der Waals surface area contributed by atoms with Gasteiger partial charge in [-0.2, -0.15) is 0 Å². The van der Waals surface area contributed by atoms with E-state index in [1.807, 2.05) is 37.3 Å². The quantitative estimate of drug-likeness (QED) is 0.770. The lowest BCUT2D eigenvalue weighted by Crippen LogP contribution is -2.49. The zero-order chi connectivity index (χ0) is 19.2. The van der Waals surface area contributed by atoms with Gasteiger partial charge in [0, 0.05) is 13.1 Å². The van der Waals surface area contributed by atoms with Gasteiger partial charge in [0.1, 0.15) is 0 Å². The van der Waals surface area contributed by atoms with Crippen molar-refractivity contribution < 1.29 is 19.4 Å². The molecule has 1 amide bonds. The van der Waals surface area contributed by atoms with E-state index < -0.39 is 11.4 Å². The van der Waals surface area contributed by atoms with Crippen molar-refractivity contribution >= 4 is 11.9 Å². The lowest BCUT2D eigenvalue weighted by Gasteiger charge is -2.39. The maximum absolute atomic E-state index is 12.4. The Kier molecular flexibility index (Phi) is 7.21. The maximum Gasteiger partial charge on any atom is 0.314 e. The molecule has 0 bridgehead atoms. The molecule has 1 aliphatic heterocycles. The van der Waals surface area contributed by atoms with E-state index >= 15 is 0 Å². The Morgan fingerprint density at radius 3 is 2.31 bits per heavy atom. The fourth-order valence-corrected chi connectivity index (χ4v) is 3.76. The van der Waals surface area contributed by atoms with Crippen LogP contribution in [-0.4, -0.2) is 47.7 Å². The third-order valence-corrected chi connectivity index (χ3v) is 5.23. The summed E-state index contributed by atoms with van der Waals surface area (Å²) < 4.78 is 5.72. The van der Waals surface area contributed by atoms with Crippen LogP contribution in [-0.2, 0) is 19.7 Å². The van der Waals surface area contributed by atoms with Gasteiger partial charge in [0.15, 0.2) is 0 Å². The average Bonchev–Trinajstić information content (AvgIpc) is 2.61. The van der Waals surface area contributed by atoms with Crippen LogP contribution in [0, 0.1) is 5.92 Å². The highest BCUT2D eigenvalue weighted by Crippen LogP contribution is 2.36. The van der Waals surface area contributed by atoms with Crippen molar-refractivity contribution in [2.45, 2.75) is 58.0 Å². The van der Waals surface area contributed by atoms with Crippen molar-refractivity contribution in [1.82, 2.24) is 4.90 Å². The molecule has 2 rings (SSSR count). The predicted octanol–water partition coefficient (Wildman–Crippen LogP) is 3.47. The monoisotopic (exact) mass is 361 g/mol. The molecule has 26 heavy (non-hydrogen) atoms. The van der Waals surface area contributed by atoms with Gasteiger partial charge in [-0.1, -0.05) is 44.2 Å². The number of amides is 1. The average molecular weight is 361 g/mol. The van der Waals surface area contributed by atoms with Crippen LogP contribution >= 0.6 is 0 Å². The molecular weight excluding hydrogens is 330 g/mol. The van der Waals surface area contributed by atoms with E-state index in [2.05, 4.69) is 13.8 Å². The first-order chi connectivity index (χ1) is 12.3. The minimum absolute atomic E-state index is 0.0498. The number of nitrogens with zero attached hydrogens (tertiary/aromatic N) is 1. The Bertz CT molecular complexity index is 591. The number of rotatable bonds is 8. The third-order valence-electron chi connectivity index (χ3n) is 5.23. The first-order valence-corrected chi connectivity index (χ1v) is 9.53. The lowest BCUT2D eigenvalue weighted by atomic mass is 9.73. The second-order valence-electron chi connectivity index (χ2n) is 7.70. The molecule has 0 aliphatic carbocycles. The predicted molar refractivity (Wildman–Crippen MR) is 101 cm³/mol. The molecule has 0 spiro atoms. The van der Waals surface area contributed by atoms with Crippen LogP contribution < -0.4 is 0 Å². The van der Waals surface area contributed by atoms with E-state index in [4.69, 9.17) is 4.74 Å². The molecule has 1 aliphatic rings. The number of carbonyl (C=O) groups is 2. The minimum Gasteiger partial charge on any atom is -0.481 e. The number of benzene rings is 1. The summed E-state index contributed by atoms with van der Waals surface area (Å²) in [5, 5.41) is 9.82. The fourth-order valence-electron chi connectivity index (χ4n) is 3.76. The minimum atomic E-state index is -0.889. The summed E-state index contributed by atoms with van der Waals surface area (Å²) in [6, 6.07) is 9.36. The molecule has 5 heteroatoms. The van der Waals surface area contributed by atoms with Crippen molar-refractivity contribution in [2.75, 3.05) is 19.7 Å². The molecule has 5 nitrogen and oxygen atoms in total. The molecule has 1 aromatic carbocycles. The summed E-state index contributed by atoms with van der Waals surface area (Å²) in [5.74, 6) is -0.180. The number of piperidine rings is 1. The number of hydrogen-bond donors (Lipinski definition) is 1. The van der Waals surface area contributed by atoms with Crippen LogP contribution in [0.3, 0.4) is 0 Å². The summed E-state index contributed by atoms with van der Waals surface area (Å²) in [5.41, 5.74) is -0.0641. The standard InChI is InChI=1S/C21H31NO4/c1-16(2)15-17(3)26-14-9-19(23)22-12-10-21(11-13-22,20(24)25)18-7-5-4-6-8-18/h4-8,16-17H,9-15H2,1-3H3,(H,24,25). The van der Waals surface area contributed by atoms with Crippen LogP contribution in [0.15, 0.2) is 30.3 Å². The molecule has 1 aromatic rings. The molecule has 1 heterocycles. The largest absolute Gasteiger partial charge is 0.481 e.